The maximum atomic E-state index is 13.1. The van der Waals surface area contributed by atoms with Crippen molar-refractivity contribution in [2.75, 3.05) is 0 Å². The Hall–Kier alpha value is -1.19. The first-order valence-corrected chi connectivity index (χ1v) is 7.54. The Morgan fingerprint density at radius 1 is 1.05 bits per heavy atom. The molecule has 2 aromatic carbocycles. The minimum absolute atomic E-state index is 0.139. The third-order valence-electron chi connectivity index (χ3n) is 3.47. The first-order chi connectivity index (χ1) is 9.47. The van der Waals surface area contributed by atoms with Gasteiger partial charge in [0.15, 0.2) is 0 Å². The molecule has 0 saturated carbocycles. The van der Waals surface area contributed by atoms with Gasteiger partial charge < -0.3 is 5.32 Å². The van der Waals surface area contributed by atoms with Crippen LogP contribution in [0.1, 0.15) is 42.6 Å². The predicted octanol–water partition coefficient (Wildman–Crippen LogP) is 5.31. The molecule has 1 N–H and O–H groups in total. The Kier molecular flexibility index (Phi) is 4.95. The summed E-state index contributed by atoms with van der Waals surface area (Å²) in [6, 6.07) is 13.7. The van der Waals surface area contributed by atoms with Crippen molar-refractivity contribution in [2.24, 2.45) is 0 Å². The fraction of sp³-hybridized carbons (Fsp3) is 0.294. The van der Waals surface area contributed by atoms with Crippen LogP contribution < -0.4 is 5.32 Å². The van der Waals surface area contributed by atoms with Crippen LogP contribution in [0.2, 0.25) is 0 Å². The van der Waals surface area contributed by atoms with Gasteiger partial charge in [0, 0.05) is 16.6 Å². The molecule has 0 aliphatic rings. The van der Waals surface area contributed by atoms with Gasteiger partial charge in [-0.15, -0.1) is 0 Å². The summed E-state index contributed by atoms with van der Waals surface area (Å²) >= 11 is 3.43. The highest BCUT2D eigenvalue weighted by atomic mass is 79.9. The first kappa shape index (κ1) is 15.2. The molecule has 0 heterocycles. The van der Waals surface area contributed by atoms with Gasteiger partial charge in [0.1, 0.15) is 5.82 Å². The molecule has 0 saturated heterocycles. The topological polar surface area (TPSA) is 12.0 Å². The second kappa shape index (κ2) is 6.51. The van der Waals surface area contributed by atoms with Crippen LogP contribution in [0.15, 0.2) is 46.9 Å². The van der Waals surface area contributed by atoms with Gasteiger partial charge in [0.25, 0.3) is 0 Å². The van der Waals surface area contributed by atoms with E-state index in [4.69, 9.17) is 0 Å². The molecule has 3 heteroatoms. The van der Waals surface area contributed by atoms with Crippen molar-refractivity contribution in [3.05, 3.63) is 69.4 Å². The van der Waals surface area contributed by atoms with E-state index in [-0.39, 0.29) is 17.9 Å². The number of rotatable bonds is 4. The second-order valence-electron chi connectivity index (χ2n) is 5.19. The van der Waals surface area contributed by atoms with E-state index < -0.39 is 0 Å². The van der Waals surface area contributed by atoms with E-state index in [0.29, 0.717) is 0 Å². The molecule has 0 amide bonds. The zero-order chi connectivity index (χ0) is 14.7. The third-order valence-corrected chi connectivity index (χ3v) is 4.16. The molecule has 0 aliphatic heterocycles. The van der Waals surface area contributed by atoms with E-state index in [1.807, 2.05) is 6.07 Å². The van der Waals surface area contributed by atoms with Crippen molar-refractivity contribution in [1.82, 2.24) is 5.32 Å². The van der Waals surface area contributed by atoms with Crippen molar-refractivity contribution in [3.8, 4) is 0 Å². The summed E-state index contributed by atoms with van der Waals surface area (Å²) in [6.07, 6.45) is 0. The highest BCUT2D eigenvalue weighted by Gasteiger charge is 2.14. The molecule has 1 unspecified atom stereocenters. The smallest absolute Gasteiger partial charge is 0.124 e. The predicted molar refractivity (Wildman–Crippen MR) is 85.2 cm³/mol. The summed E-state index contributed by atoms with van der Waals surface area (Å²) in [6.45, 7) is 6.32. The Labute approximate surface area is 128 Å². The summed E-state index contributed by atoms with van der Waals surface area (Å²) < 4.78 is 13.9. The van der Waals surface area contributed by atoms with Gasteiger partial charge in [-0.25, -0.2) is 4.39 Å². The van der Waals surface area contributed by atoms with Gasteiger partial charge in [-0.05, 0) is 44.0 Å². The van der Waals surface area contributed by atoms with Gasteiger partial charge in [-0.2, -0.15) is 0 Å². The lowest BCUT2D eigenvalue weighted by molar-refractivity contribution is 0.492. The standard InChI is InChI=1S/C17H19BrFN/c1-11-5-4-6-14(9-11)12(2)20-13(3)16-8-7-15(19)10-17(16)18/h4-10,12-13,20H,1-3H3/t12-,13?/m0/s1. The molecule has 2 atom stereocenters. The van der Waals surface area contributed by atoms with Crippen LogP contribution in [-0.4, -0.2) is 0 Å². The second-order valence-corrected chi connectivity index (χ2v) is 6.04. The lowest BCUT2D eigenvalue weighted by Gasteiger charge is -2.22. The third kappa shape index (κ3) is 3.68. The molecule has 0 radical (unpaired) electrons. The maximum absolute atomic E-state index is 13.1. The molecule has 20 heavy (non-hydrogen) atoms. The van der Waals surface area contributed by atoms with E-state index in [9.17, 15) is 4.39 Å². The van der Waals surface area contributed by atoms with Crippen LogP contribution in [0.4, 0.5) is 4.39 Å². The molecule has 0 bridgehead atoms. The molecule has 106 valence electrons. The summed E-state index contributed by atoms with van der Waals surface area (Å²) in [5.41, 5.74) is 3.58. The quantitative estimate of drug-likeness (QED) is 0.798. The average Bonchev–Trinajstić information content (AvgIpc) is 2.38. The van der Waals surface area contributed by atoms with E-state index in [0.717, 1.165) is 10.0 Å². The molecule has 0 aromatic heterocycles. The summed E-state index contributed by atoms with van der Waals surface area (Å²) in [7, 11) is 0. The molecule has 0 fully saturated rings. The molecular formula is C17H19BrFN. The zero-order valence-electron chi connectivity index (χ0n) is 12.0. The van der Waals surface area contributed by atoms with Crippen molar-refractivity contribution < 1.29 is 4.39 Å². The van der Waals surface area contributed by atoms with Crippen molar-refractivity contribution >= 4 is 15.9 Å². The highest BCUT2D eigenvalue weighted by molar-refractivity contribution is 9.10. The average molecular weight is 336 g/mol. The molecule has 0 spiro atoms. The Morgan fingerprint density at radius 3 is 2.45 bits per heavy atom. The Morgan fingerprint density at radius 2 is 1.80 bits per heavy atom. The van der Waals surface area contributed by atoms with Crippen LogP contribution >= 0.6 is 15.9 Å². The normalized spacial score (nSPS) is 14.1. The summed E-state index contributed by atoms with van der Waals surface area (Å²) in [5.74, 6) is -0.223. The first-order valence-electron chi connectivity index (χ1n) is 6.75. The number of hydrogen-bond acceptors (Lipinski definition) is 1. The van der Waals surface area contributed by atoms with Gasteiger partial charge in [0.2, 0.25) is 0 Å². The van der Waals surface area contributed by atoms with Gasteiger partial charge in [0.05, 0.1) is 0 Å². The fourth-order valence-electron chi connectivity index (χ4n) is 2.35. The van der Waals surface area contributed by atoms with Crippen LogP contribution in [0, 0.1) is 12.7 Å². The van der Waals surface area contributed by atoms with Crippen LogP contribution in [-0.2, 0) is 0 Å². The maximum Gasteiger partial charge on any atom is 0.124 e. The number of hydrogen-bond donors (Lipinski definition) is 1. The highest BCUT2D eigenvalue weighted by Crippen LogP contribution is 2.26. The van der Waals surface area contributed by atoms with Gasteiger partial charge >= 0.3 is 0 Å². The van der Waals surface area contributed by atoms with Crippen LogP contribution in [0.3, 0.4) is 0 Å². The number of nitrogens with one attached hydrogen (secondary N) is 1. The lowest BCUT2D eigenvalue weighted by Crippen LogP contribution is -2.22. The molecular weight excluding hydrogens is 317 g/mol. The summed E-state index contributed by atoms with van der Waals surface area (Å²) in [4.78, 5) is 0. The monoisotopic (exact) mass is 335 g/mol. The van der Waals surface area contributed by atoms with E-state index in [1.165, 1.54) is 23.3 Å². The van der Waals surface area contributed by atoms with Crippen LogP contribution in [0.5, 0.6) is 0 Å². The lowest BCUT2D eigenvalue weighted by atomic mass is 10.0. The van der Waals surface area contributed by atoms with Crippen molar-refractivity contribution in [1.29, 1.82) is 0 Å². The van der Waals surface area contributed by atoms with Gasteiger partial charge in [-0.3, -0.25) is 0 Å². The SMILES string of the molecule is Cc1cccc([C@H](C)NC(C)c2ccc(F)cc2Br)c1. The minimum atomic E-state index is -0.223. The number of aryl methyl sites for hydroxylation is 1. The fourth-order valence-corrected chi connectivity index (χ4v) is 3.05. The molecule has 1 nitrogen and oxygen atoms in total. The molecule has 2 rings (SSSR count). The number of halogens is 2. The van der Waals surface area contributed by atoms with Crippen molar-refractivity contribution in [3.63, 3.8) is 0 Å². The van der Waals surface area contributed by atoms with E-state index >= 15 is 0 Å². The Balaban J connectivity index is 2.12. The zero-order valence-corrected chi connectivity index (χ0v) is 13.5. The van der Waals surface area contributed by atoms with Crippen LogP contribution in [0.25, 0.3) is 0 Å². The summed E-state index contributed by atoms with van der Waals surface area (Å²) in [5, 5.41) is 3.55. The van der Waals surface area contributed by atoms with E-state index in [1.54, 1.807) is 0 Å². The minimum Gasteiger partial charge on any atom is -0.304 e. The van der Waals surface area contributed by atoms with E-state index in [2.05, 4.69) is 66.3 Å². The Bertz CT molecular complexity index is 597. The van der Waals surface area contributed by atoms with Gasteiger partial charge in [-0.1, -0.05) is 51.8 Å². The largest absolute Gasteiger partial charge is 0.304 e. The molecule has 2 aromatic rings. The molecule has 0 aliphatic carbocycles. The van der Waals surface area contributed by atoms with Crippen molar-refractivity contribution in [2.45, 2.75) is 32.9 Å². The number of benzene rings is 2.